The molecule has 2 aromatic heterocycles. The molecular formula is C12H18N4S. The van der Waals surface area contributed by atoms with Crippen molar-refractivity contribution in [3.63, 3.8) is 0 Å². The summed E-state index contributed by atoms with van der Waals surface area (Å²) in [6, 6.07) is 2.46. The second kappa shape index (κ2) is 6.51. The highest BCUT2D eigenvalue weighted by molar-refractivity contribution is 7.07. The Morgan fingerprint density at radius 2 is 2.47 bits per heavy atom. The van der Waals surface area contributed by atoms with E-state index in [1.807, 2.05) is 0 Å². The number of nitrogens with zero attached hydrogens (tertiary/aromatic N) is 2. The van der Waals surface area contributed by atoms with Crippen molar-refractivity contribution in [1.82, 2.24) is 20.5 Å². The molecule has 0 aromatic carbocycles. The molecule has 92 valence electrons. The van der Waals surface area contributed by atoms with Crippen LogP contribution < -0.4 is 5.32 Å². The van der Waals surface area contributed by atoms with Crippen molar-refractivity contribution in [2.24, 2.45) is 0 Å². The van der Waals surface area contributed by atoms with Crippen LogP contribution in [-0.4, -0.2) is 21.7 Å². The van der Waals surface area contributed by atoms with Crippen LogP contribution in [-0.2, 0) is 6.42 Å². The summed E-state index contributed by atoms with van der Waals surface area (Å²) in [5.41, 5.74) is 1.40. The van der Waals surface area contributed by atoms with Gasteiger partial charge in [-0.2, -0.15) is 16.4 Å². The molecule has 1 atom stereocenters. The van der Waals surface area contributed by atoms with Crippen molar-refractivity contribution in [2.45, 2.75) is 32.2 Å². The van der Waals surface area contributed by atoms with Gasteiger partial charge >= 0.3 is 0 Å². The van der Waals surface area contributed by atoms with Crippen LogP contribution >= 0.6 is 11.3 Å². The second-order valence-corrected chi connectivity index (χ2v) is 4.83. The number of thiophene rings is 1. The van der Waals surface area contributed by atoms with Gasteiger partial charge in [-0.3, -0.25) is 5.10 Å². The molecule has 2 aromatic rings. The SMILES string of the molecule is CCCNC(CCc1ccsc1)c1ncn[nH]1. The minimum absolute atomic E-state index is 0.275. The Bertz CT molecular complexity index is 396. The minimum Gasteiger partial charge on any atom is -0.307 e. The Labute approximate surface area is 105 Å². The van der Waals surface area contributed by atoms with Crippen LogP contribution in [0.4, 0.5) is 0 Å². The number of aromatic nitrogens is 3. The van der Waals surface area contributed by atoms with Gasteiger partial charge in [0.05, 0.1) is 6.04 Å². The normalized spacial score (nSPS) is 12.8. The molecule has 0 saturated carbocycles. The van der Waals surface area contributed by atoms with E-state index < -0.39 is 0 Å². The average Bonchev–Trinajstić information content (AvgIpc) is 3.01. The maximum absolute atomic E-state index is 4.24. The minimum atomic E-state index is 0.275. The zero-order valence-corrected chi connectivity index (χ0v) is 10.8. The van der Waals surface area contributed by atoms with E-state index >= 15 is 0 Å². The number of aromatic amines is 1. The second-order valence-electron chi connectivity index (χ2n) is 4.05. The first-order valence-electron chi connectivity index (χ1n) is 6.00. The summed E-state index contributed by atoms with van der Waals surface area (Å²) in [6.45, 7) is 3.18. The summed E-state index contributed by atoms with van der Waals surface area (Å²) in [7, 11) is 0. The van der Waals surface area contributed by atoms with E-state index in [-0.39, 0.29) is 6.04 Å². The van der Waals surface area contributed by atoms with Crippen molar-refractivity contribution in [1.29, 1.82) is 0 Å². The number of rotatable bonds is 7. The van der Waals surface area contributed by atoms with Crippen LogP contribution in [0.3, 0.4) is 0 Å². The Hall–Kier alpha value is -1.20. The zero-order chi connectivity index (χ0) is 11.9. The molecule has 5 heteroatoms. The molecule has 0 radical (unpaired) electrons. The van der Waals surface area contributed by atoms with Crippen LogP contribution in [0, 0.1) is 0 Å². The van der Waals surface area contributed by atoms with Crippen LogP contribution in [0.15, 0.2) is 23.2 Å². The van der Waals surface area contributed by atoms with Gasteiger partial charge in [0, 0.05) is 0 Å². The van der Waals surface area contributed by atoms with E-state index in [9.17, 15) is 0 Å². The third-order valence-electron chi connectivity index (χ3n) is 2.71. The fourth-order valence-corrected chi connectivity index (χ4v) is 2.49. The van der Waals surface area contributed by atoms with Gasteiger partial charge in [0.1, 0.15) is 12.2 Å². The lowest BCUT2D eigenvalue weighted by atomic mass is 10.1. The average molecular weight is 250 g/mol. The summed E-state index contributed by atoms with van der Waals surface area (Å²) < 4.78 is 0. The Morgan fingerprint density at radius 1 is 1.53 bits per heavy atom. The molecule has 0 aliphatic carbocycles. The third kappa shape index (κ3) is 3.64. The highest BCUT2D eigenvalue weighted by Crippen LogP contribution is 2.17. The summed E-state index contributed by atoms with van der Waals surface area (Å²) in [4.78, 5) is 4.24. The molecule has 0 amide bonds. The van der Waals surface area contributed by atoms with Gasteiger partial charge < -0.3 is 5.32 Å². The predicted octanol–water partition coefficient (Wildman–Crippen LogP) is 2.54. The predicted molar refractivity (Wildman–Crippen MR) is 70.1 cm³/mol. The summed E-state index contributed by atoms with van der Waals surface area (Å²) in [5, 5.41) is 14.7. The Morgan fingerprint density at radius 3 is 3.12 bits per heavy atom. The molecule has 0 aliphatic heterocycles. The van der Waals surface area contributed by atoms with Crippen LogP contribution in [0.25, 0.3) is 0 Å². The van der Waals surface area contributed by atoms with Gasteiger partial charge in [0.2, 0.25) is 0 Å². The fourth-order valence-electron chi connectivity index (χ4n) is 1.78. The molecule has 4 nitrogen and oxygen atoms in total. The van der Waals surface area contributed by atoms with Crippen LogP contribution in [0.2, 0.25) is 0 Å². The van der Waals surface area contributed by atoms with E-state index in [0.29, 0.717) is 0 Å². The van der Waals surface area contributed by atoms with Gasteiger partial charge in [0.15, 0.2) is 0 Å². The van der Waals surface area contributed by atoms with Gasteiger partial charge in [-0.15, -0.1) is 0 Å². The Balaban J connectivity index is 1.91. The summed E-state index contributed by atoms with van der Waals surface area (Å²) in [6.07, 6.45) is 4.82. The lowest BCUT2D eigenvalue weighted by molar-refractivity contribution is 0.478. The first-order valence-corrected chi connectivity index (χ1v) is 6.94. The van der Waals surface area contributed by atoms with Gasteiger partial charge in [-0.05, 0) is 48.2 Å². The number of aryl methyl sites for hydroxylation is 1. The smallest absolute Gasteiger partial charge is 0.141 e. The van der Waals surface area contributed by atoms with Gasteiger partial charge in [-0.25, -0.2) is 4.98 Å². The molecule has 0 fully saturated rings. The molecule has 0 spiro atoms. The highest BCUT2D eigenvalue weighted by Gasteiger charge is 2.13. The number of H-pyrrole nitrogens is 1. The standard InChI is InChI=1S/C12H18N4S/c1-2-6-13-11(12-14-9-15-16-12)4-3-10-5-7-17-8-10/h5,7-9,11,13H,2-4,6H2,1H3,(H,14,15,16). The maximum atomic E-state index is 4.24. The van der Waals surface area contributed by atoms with E-state index in [2.05, 4.69) is 44.2 Å². The fraction of sp³-hybridized carbons (Fsp3) is 0.500. The molecule has 1 unspecified atom stereocenters. The van der Waals surface area contributed by atoms with E-state index in [1.165, 1.54) is 5.56 Å². The van der Waals surface area contributed by atoms with Crippen molar-refractivity contribution < 1.29 is 0 Å². The number of hydrogen-bond donors (Lipinski definition) is 2. The highest BCUT2D eigenvalue weighted by atomic mass is 32.1. The molecule has 0 bridgehead atoms. The lowest BCUT2D eigenvalue weighted by Gasteiger charge is -2.15. The topological polar surface area (TPSA) is 53.6 Å². The molecule has 0 saturated heterocycles. The molecular weight excluding hydrogens is 232 g/mol. The molecule has 0 aliphatic rings. The first kappa shape index (κ1) is 12.3. The monoisotopic (exact) mass is 250 g/mol. The van der Waals surface area contributed by atoms with E-state index in [4.69, 9.17) is 0 Å². The molecule has 2 rings (SSSR count). The number of nitrogens with one attached hydrogen (secondary N) is 2. The van der Waals surface area contributed by atoms with E-state index in [1.54, 1.807) is 17.7 Å². The molecule has 2 N–H and O–H groups in total. The quantitative estimate of drug-likeness (QED) is 0.794. The van der Waals surface area contributed by atoms with Crippen molar-refractivity contribution in [2.75, 3.05) is 6.54 Å². The first-order chi connectivity index (χ1) is 8.40. The van der Waals surface area contributed by atoms with E-state index in [0.717, 1.165) is 31.6 Å². The summed E-state index contributed by atoms with van der Waals surface area (Å²) >= 11 is 1.75. The van der Waals surface area contributed by atoms with Crippen LogP contribution in [0.5, 0.6) is 0 Å². The van der Waals surface area contributed by atoms with Crippen LogP contribution in [0.1, 0.15) is 37.2 Å². The zero-order valence-electron chi connectivity index (χ0n) is 10.0. The van der Waals surface area contributed by atoms with Crippen molar-refractivity contribution in [3.05, 3.63) is 34.5 Å². The lowest BCUT2D eigenvalue weighted by Crippen LogP contribution is -2.23. The largest absolute Gasteiger partial charge is 0.307 e. The van der Waals surface area contributed by atoms with Gasteiger partial charge in [-0.1, -0.05) is 6.92 Å². The third-order valence-corrected chi connectivity index (χ3v) is 3.44. The molecule has 17 heavy (non-hydrogen) atoms. The molecule has 2 heterocycles. The maximum Gasteiger partial charge on any atom is 0.141 e. The summed E-state index contributed by atoms with van der Waals surface area (Å²) in [5.74, 6) is 0.939. The Kier molecular flexibility index (Phi) is 4.70. The number of hydrogen-bond acceptors (Lipinski definition) is 4. The van der Waals surface area contributed by atoms with Gasteiger partial charge in [0.25, 0.3) is 0 Å². The van der Waals surface area contributed by atoms with Crippen molar-refractivity contribution >= 4 is 11.3 Å². The van der Waals surface area contributed by atoms with Crippen molar-refractivity contribution in [3.8, 4) is 0 Å².